The third-order valence-electron chi connectivity index (χ3n) is 2.06. The van der Waals surface area contributed by atoms with Crippen molar-refractivity contribution in [2.75, 3.05) is 6.61 Å². The molecule has 0 fully saturated rings. The summed E-state index contributed by atoms with van der Waals surface area (Å²) < 4.78 is 30.7. The maximum Gasteiger partial charge on any atom is 0.139 e. The first-order valence-corrected chi connectivity index (χ1v) is 5.17. The van der Waals surface area contributed by atoms with E-state index in [1.807, 2.05) is 0 Å². The van der Waals surface area contributed by atoms with Gasteiger partial charge in [0.1, 0.15) is 23.2 Å². The molecule has 94 valence electrons. The number of hydrogen-bond acceptors (Lipinski definition) is 3. The predicted octanol–water partition coefficient (Wildman–Crippen LogP) is 2.26. The lowest BCUT2D eigenvalue weighted by molar-refractivity contribution is 0.302. The van der Waals surface area contributed by atoms with Crippen molar-refractivity contribution in [3.05, 3.63) is 29.8 Å². The van der Waals surface area contributed by atoms with E-state index in [2.05, 4.69) is 5.16 Å². The molecule has 3 N–H and O–H groups in total. The molecular formula is C11H14F2N2O2. The number of rotatable bonds is 6. The summed E-state index contributed by atoms with van der Waals surface area (Å²) >= 11 is 0. The second kappa shape index (κ2) is 6.67. The molecule has 1 aromatic rings. The minimum absolute atomic E-state index is 0.154. The standard InChI is InChI=1S/C11H14F2N2O2/c12-8-5-9(13)7-10(6-8)17-4-2-1-3-11(14)15-16/h5-7,16H,1-4H2,(H2,14,15). The van der Waals surface area contributed by atoms with Gasteiger partial charge in [0.25, 0.3) is 0 Å². The van der Waals surface area contributed by atoms with Gasteiger partial charge < -0.3 is 15.7 Å². The Hall–Kier alpha value is -1.85. The molecule has 0 bridgehead atoms. The molecule has 17 heavy (non-hydrogen) atoms. The Labute approximate surface area is 97.7 Å². The summed E-state index contributed by atoms with van der Waals surface area (Å²) in [4.78, 5) is 0. The van der Waals surface area contributed by atoms with Crippen LogP contribution in [-0.2, 0) is 0 Å². The molecule has 0 unspecified atom stereocenters. The summed E-state index contributed by atoms with van der Waals surface area (Å²) in [5.41, 5.74) is 5.27. The van der Waals surface area contributed by atoms with Crippen molar-refractivity contribution >= 4 is 5.84 Å². The highest BCUT2D eigenvalue weighted by Crippen LogP contribution is 2.15. The fourth-order valence-corrected chi connectivity index (χ4v) is 1.26. The van der Waals surface area contributed by atoms with Crippen LogP contribution in [0, 0.1) is 11.6 Å². The fourth-order valence-electron chi connectivity index (χ4n) is 1.26. The molecule has 0 heterocycles. The van der Waals surface area contributed by atoms with E-state index < -0.39 is 11.6 Å². The topological polar surface area (TPSA) is 67.8 Å². The molecule has 0 atom stereocenters. The summed E-state index contributed by atoms with van der Waals surface area (Å²) in [6.45, 7) is 0.321. The average Bonchev–Trinajstić information content (AvgIpc) is 2.27. The first-order chi connectivity index (χ1) is 8.11. The van der Waals surface area contributed by atoms with Crippen molar-refractivity contribution in [3.8, 4) is 5.75 Å². The van der Waals surface area contributed by atoms with Gasteiger partial charge in [0, 0.05) is 24.6 Å². The lowest BCUT2D eigenvalue weighted by Crippen LogP contribution is -2.11. The molecule has 1 rings (SSSR count). The van der Waals surface area contributed by atoms with E-state index in [0.717, 1.165) is 18.2 Å². The highest BCUT2D eigenvalue weighted by Gasteiger charge is 2.01. The first kappa shape index (κ1) is 13.2. The zero-order valence-electron chi connectivity index (χ0n) is 9.20. The average molecular weight is 244 g/mol. The summed E-state index contributed by atoms with van der Waals surface area (Å²) in [5, 5.41) is 11.1. The van der Waals surface area contributed by atoms with Crippen LogP contribution < -0.4 is 10.5 Å². The predicted molar refractivity (Wildman–Crippen MR) is 59.1 cm³/mol. The minimum Gasteiger partial charge on any atom is -0.493 e. The number of unbranched alkanes of at least 4 members (excludes halogenated alkanes) is 1. The zero-order valence-corrected chi connectivity index (χ0v) is 9.20. The SMILES string of the molecule is NC(CCCCOc1cc(F)cc(F)c1)=NO. The van der Waals surface area contributed by atoms with Gasteiger partial charge in [0.05, 0.1) is 6.61 Å². The van der Waals surface area contributed by atoms with Crippen molar-refractivity contribution < 1.29 is 18.7 Å². The third kappa shape index (κ3) is 5.14. The van der Waals surface area contributed by atoms with E-state index in [1.165, 1.54) is 0 Å². The van der Waals surface area contributed by atoms with Crippen LogP contribution in [-0.4, -0.2) is 17.6 Å². The highest BCUT2D eigenvalue weighted by molar-refractivity contribution is 5.79. The summed E-state index contributed by atoms with van der Waals surface area (Å²) in [6.07, 6.45) is 1.78. The molecule has 4 nitrogen and oxygen atoms in total. The van der Waals surface area contributed by atoms with Gasteiger partial charge in [-0.15, -0.1) is 0 Å². The smallest absolute Gasteiger partial charge is 0.139 e. The Kier molecular flexibility index (Phi) is 5.19. The Bertz CT molecular complexity index is 377. The third-order valence-corrected chi connectivity index (χ3v) is 2.06. The van der Waals surface area contributed by atoms with Crippen LogP contribution in [0.4, 0.5) is 8.78 Å². The second-order valence-electron chi connectivity index (χ2n) is 3.50. The van der Waals surface area contributed by atoms with E-state index in [-0.39, 0.29) is 11.6 Å². The molecule has 0 saturated carbocycles. The number of oxime groups is 1. The van der Waals surface area contributed by atoms with E-state index in [0.29, 0.717) is 25.9 Å². The van der Waals surface area contributed by atoms with Crippen molar-refractivity contribution in [3.63, 3.8) is 0 Å². The number of ether oxygens (including phenoxy) is 1. The Morgan fingerprint density at radius 3 is 2.47 bits per heavy atom. The Morgan fingerprint density at radius 2 is 1.88 bits per heavy atom. The van der Waals surface area contributed by atoms with Crippen molar-refractivity contribution in [1.29, 1.82) is 0 Å². The molecule has 0 amide bonds. The monoisotopic (exact) mass is 244 g/mol. The number of hydrogen-bond donors (Lipinski definition) is 2. The highest BCUT2D eigenvalue weighted by atomic mass is 19.1. The number of amidine groups is 1. The van der Waals surface area contributed by atoms with E-state index in [1.54, 1.807) is 0 Å². The van der Waals surface area contributed by atoms with Gasteiger partial charge in [-0.3, -0.25) is 0 Å². The maximum absolute atomic E-state index is 12.8. The Morgan fingerprint density at radius 1 is 1.24 bits per heavy atom. The molecule has 0 radical (unpaired) electrons. The van der Waals surface area contributed by atoms with E-state index in [9.17, 15) is 8.78 Å². The van der Waals surface area contributed by atoms with Crippen LogP contribution in [0.5, 0.6) is 5.75 Å². The zero-order chi connectivity index (χ0) is 12.7. The van der Waals surface area contributed by atoms with Crippen LogP contribution >= 0.6 is 0 Å². The fraction of sp³-hybridized carbons (Fsp3) is 0.364. The lowest BCUT2D eigenvalue weighted by Gasteiger charge is -2.06. The maximum atomic E-state index is 12.8. The Balaban J connectivity index is 2.26. The summed E-state index contributed by atoms with van der Waals surface area (Å²) in [6, 6.07) is 3.02. The van der Waals surface area contributed by atoms with Gasteiger partial charge in [-0.25, -0.2) is 8.78 Å². The van der Waals surface area contributed by atoms with Crippen molar-refractivity contribution in [1.82, 2.24) is 0 Å². The van der Waals surface area contributed by atoms with E-state index in [4.69, 9.17) is 15.7 Å². The molecule has 0 aliphatic rings. The van der Waals surface area contributed by atoms with Gasteiger partial charge in [0.15, 0.2) is 0 Å². The molecule has 0 aliphatic carbocycles. The molecule has 0 spiro atoms. The van der Waals surface area contributed by atoms with E-state index >= 15 is 0 Å². The molecule has 0 saturated heterocycles. The molecule has 6 heteroatoms. The van der Waals surface area contributed by atoms with Gasteiger partial charge >= 0.3 is 0 Å². The number of benzene rings is 1. The first-order valence-electron chi connectivity index (χ1n) is 5.17. The normalized spacial score (nSPS) is 11.5. The largest absolute Gasteiger partial charge is 0.493 e. The molecule has 1 aromatic carbocycles. The van der Waals surface area contributed by atoms with Crippen LogP contribution in [0.25, 0.3) is 0 Å². The van der Waals surface area contributed by atoms with Crippen LogP contribution in [0.2, 0.25) is 0 Å². The van der Waals surface area contributed by atoms with Gasteiger partial charge in [0.2, 0.25) is 0 Å². The lowest BCUT2D eigenvalue weighted by atomic mass is 10.2. The van der Waals surface area contributed by atoms with Gasteiger partial charge in [-0.05, 0) is 12.8 Å². The molecule has 0 aliphatic heterocycles. The van der Waals surface area contributed by atoms with Gasteiger partial charge in [-0.2, -0.15) is 0 Å². The quantitative estimate of drug-likeness (QED) is 0.265. The molecular weight excluding hydrogens is 230 g/mol. The van der Waals surface area contributed by atoms with Crippen molar-refractivity contribution in [2.24, 2.45) is 10.9 Å². The molecule has 0 aromatic heterocycles. The van der Waals surface area contributed by atoms with Crippen LogP contribution in [0.3, 0.4) is 0 Å². The van der Waals surface area contributed by atoms with Crippen molar-refractivity contribution in [2.45, 2.75) is 19.3 Å². The summed E-state index contributed by atoms with van der Waals surface area (Å²) in [5.74, 6) is -1.03. The number of halogens is 2. The number of nitrogens with zero attached hydrogens (tertiary/aromatic N) is 1. The number of nitrogens with two attached hydrogens (primary N) is 1. The van der Waals surface area contributed by atoms with Gasteiger partial charge in [-0.1, -0.05) is 5.16 Å². The van der Waals surface area contributed by atoms with Crippen LogP contribution in [0.15, 0.2) is 23.4 Å². The second-order valence-corrected chi connectivity index (χ2v) is 3.50. The summed E-state index contributed by atoms with van der Waals surface area (Å²) in [7, 11) is 0. The van der Waals surface area contributed by atoms with Crippen LogP contribution in [0.1, 0.15) is 19.3 Å². The minimum atomic E-state index is -0.670.